The highest BCUT2D eigenvalue weighted by Crippen LogP contribution is 2.17. The molecule has 22 heavy (non-hydrogen) atoms. The van der Waals surface area contributed by atoms with Crippen molar-refractivity contribution in [1.29, 1.82) is 0 Å². The molecule has 1 aromatic heterocycles. The molecular weight excluding hydrogens is 278 g/mol. The summed E-state index contributed by atoms with van der Waals surface area (Å²) in [5, 5.41) is 6.21. The molecule has 6 nitrogen and oxygen atoms in total. The summed E-state index contributed by atoms with van der Waals surface area (Å²) >= 11 is 0. The number of aliphatic imine (C=N–C) groups is 1. The van der Waals surface area contributed by atoms with Gasteiger partial charge in [0.25, 0.3) is 0 Å². The summed E-state index contributed by atoms with van der Waals surface area (Å²) in [5.41, 5.74) is 0. The molecule has 118 valence electrons. The second-order valence-corrected chi connectivity index (χ2v) is 5.92. The third-order valence-corrected chi connectivity index (χ3v) is 4.22. The largest absolute Gasteiger partial charge is 0.351 e. The van der Waals surface area contributed by atoms with Gasteiger partial charge in [0.1, 0.15) is 6.33 Å². The van der Waals surface area contributed by atoms with Crippen molar-refractivity contribution in [3.63, 3.8) is 0 Å². The number of carbonyl (C=O) groups excluding carboxylic acids is 1. The van der Waals surface area contributed by atoms with Gasteiger partial charge in [-0.15, -0.1) is 0 Å². The van der Waals surface area contributed by atoms with Crippen molar-refractivity contribution in [1.82, 2.24) is 20.2 Å². The number of aromatic nitrogens is 2. The molecule has 6 heteroatoms. The maximum absolute atomic E-state index is 12.5. The van der Waals surface area contributed by atoms with Crippen molar-refractivity contribution >= 4 is 11.9 Å². The summed E-state index contributed by atoms with van der Waals surface area (Å²) in [4.78, 5) is 20.9. The lowest BCUT2D eigenvalue weighted by atomic mass is 9.96. The third-order valence-electron chi connectivity index (χ3n) is 4.22. The molecule has 0 saturated heterocycles. The monoisotopic (exact) mass is 301 g/mol. The smallest absolute Gasteiger partial charge is 0.249 e. The van der Waals surface area contributed by atoms with Gasteiger partial charge >= 0.3 is 0 Å². The van der Waals surface area contributed by atoms with Crippen molar-refractivity contribution in [3.8, 4) is 0 Å². The Morgan fingerprint density at radius 2 is 2.00 bits per heavy atom. The Kier molecular flexibility index (Phi) is 4.88. The van der Waals surface area contributed by atoms with E-state index >= 15 is 0 Å². The van der Waals surface area contributed by atoms with Crippen LogP contribution in [-0.4, -0.2) is 33.5 Å². The molecule has 1 amide bonds. The number of hydrogen-bond acceptors (Lipinski definition) is 4. The van der Waals surface area contributed by atoms with Gasteiger partial charge in [-0.3, -0.25) is 9.36 Å². The number of imidazole rings is 1. The highest BCUT2D eigenvalue weighted by atomic mass is 16.2. The second kappa shape index (κ2) is 7.24. The summed E-state index contributed by atoms with van der Waals surface area (Å²) in [5.74, 6) is 0.610. The first-order valence-corrected chi connectivity index (χ1v) is 8.12. The van der Waals surface area contributed by atoms with E-state index in [4.69, 9.17) is 0 Å². The summed E-state index contributed by atoms with van der Waals surface area (Å²) in [7, 11) is 0. The van der Waals surface area contributed by atoms with Gasteiger partial charge < -0.3 is 10.6 Å². The predicted octanol–water partition coefficient (Wildman–Crippen LogP) is 1.80. The van der Waals surface area contributed by atoms with Crippen molar-refractivity contribution in [2.75, 3.05) is 0 Å². The molecule has 1 aliphatic heterocycles. The lowest BCUT2D eigenvalue weighted by molar-refractivity contribution is -0.122. The molecule has 0 radical (unpaired) electrons. The van der Waals surface area contributed by atoms with E-state index < -0.39 is 6.04 Å². The molecule has 1 saturated carbocycles. The molecule has 1 fully saturated rings. The maximum Gasteiger partial charge on any atom is 0.249 e. The Bertz CT molecular complexity index is 541. The van der Waals surface area contributed by atoms with Crippen LogP contribution in [0.5, 0.6) is 0 Å². The van der Waals surface area contributed by atoms with Crippen molar-refractivity contribution in [3.05, 3.63) is 31.0 Å². The van der Waals surface area contributed by atoms with E-state index in [1.165, 1.54) is 32.1 Å². The van der Waals surface area contributed by atoms with Crippen LogP contribution in [0.1, 0.15) is 44.9 Å². The van der Waals surface area contributed by atoms with Gasteiger partial charge in [-0.1, -0.05) is 32.1 Å². The molecule has 0 bridgehead atoms. The standard InChI is InChI=1S/C16H23N5O/c22-15(19-13-6-4-2-1-3-5-7-13)14-8-9-18-16(20-14)21-11-10-17-12-21/h8-14H,1-7H2,(H,18,20)(H,19,22). The Hall–Kier alpha value is -2.11. The normalized spacial score (nSPS) is 23.1. The van der Waals surface area contributed by atoms with Gasteiger partial charge in [0, 0.05) is 24.6 Å². The Balaban J connectivity index is 1.61. The first-order chi connectivity index (χ1) is 10.8. The lowest BCUT2D eigenvalue weighted by Gasteiger charge is -2.23. The van der Waals surface area contributed by atoms with E-state index in [0.717, 1.165) is 12.8 Å². The van der Waals surface area contributed by atoms with E-state index in [2.05, 4.69) is 20.6 Å². The third kappa shape index (κ3) is 3.75. The summed E-state index contributed by atoms with van der Waals surface area (Å²) in [6.45, 7) is 0. The van der Waals surface area contributed by atoms with Crippen molar-refractivity contribution in [2.45, 2.75) is 57.0 Å². The van der Waals surface area contributed by atoms with Gasteiger partial charge in [0.05, 0.1) is 0 Å². The van der Waals surface area contributed by atoms with E-state index in [1.807, 2.05) is 0 Å². The van der Waals surface area contributed by atoms with E-state index in [0.29, 0.717) is 12.0 Å². The van der Waals surface area contributed by atoms with Crippen molar-refractivity contribution < 1.29 is 4.79 Å². The zero-order valence-corrected chi connectivity index (χ0v) is 12.7. The molecule has 1 aromatic rings. The molecule has 0 spiro atoms. The average Bonchev–Trinajstić information content (AvgIpc) is 3.04. The minimum absolute atomic E-state index is 0.0130. The van der Waals surface area contributed by atoms with Crippen molar-refractivity contribution in [2.24, 2.45) is 4.99 Å². The van der Waals surface area contributed by atoms with Crippen LogP contribution in [0.15, 0.2) is 36.0 Å². The van der Waals surface area contributed by atoms with Crippen LogP contribution < -0.4 is 10.6 Å². The SMILES string of the molecule is O=C(NC1CCCCCCC1)C1C=CNC(n2ccnc2)=N1. The number of amides is 1. The average molecular weight is 301 g/mol. The molecule has 2 heterocycles. The molecule has 3 rings (SSSR count). The maximum atomic E-state index is 12.5. The lowest BCUT2D eigenvalue weighted by Crippen LogP contribution is -2.43. The minimum Gasteiger partial charge on any atom is -0.351 e. The van der Waals surface area contributed by atoms with Gasteiger partial charge in [0.15, 0.2) is 6.04 Å². The molecule has 1 atom stereocenters. The number of rotatable bonds is 2. The molecule has 1 unspecified atom stereocenters. The summed E-state index contributed by atoms with van der Waals surface area (Å²) < 4.78 is 1.76. The van der Waals surface area contributed by atoms with Gasteiger partial charge in [-0.2, -0.15) is 0 Å². The molecule has 1 aliphatic carbocycles. The molecule has 2 aliphatic rings. The van der Waals surface area contributed by atoms with Gasteiger partial charge in [-0.05, 0) is 18.9 Å². The minimum atomic E-state index is -0.468. The number of hydrogen-bond donors (Lipinski definition) is 2. The molecular formula is C16H23N5O. The van der Waals surface area contributed by atoms with Crippen LogP contribution in [0.4, 0.5) is 0 Å². The quantitative estimate of drug-likeness (QED) is 0.875. The Labute approximate surface area is 130 Å². The van der Waals surface area contributed by atoms with E-state index in [1.54, 1.807) is 35.6 Å². The van der Waals surface area contributed by atoms with Gasteiger partial charge in [-0.25, -0.2) is 9.98 Å². The Morgan fingerprint density at radius 3 is 2.73 bits per heavy atom. The fraction of sp³-hybridized carbons (Fsp3) is 0.562. The van der Waals surface area contributed by atoms with Gasteiger partial charge in [0.2, 0.25) is 11.9 Å². The van der Waals surface area contributed by atoms with Crippen LogP contribution in [0.3, 0.4) is 0 Å². The summed E-state index contributed by atoms with van der Waals surface area (Å²) in [6, 6.07) is -0.174. The zero-order chi connectivity index (χ0) is 15.2. The highest BCUT2D eigenvalue weighted by Gasteiger charge is 2.22. The fourth-order valence-corrected chi connectivity index (χ4v) is 2.98. The number of carbonyl (C=O) groups is 1. The Morgan fingerprint density at radius 1 is 1.23 bits per heavy atom. The topological polar surface area (TPSA) is 71.3 Å². The molecule has 2 N–H and O–H groups in total. The first-order valence-electron chi connectivity index (χ1n) is 8.12. The summed E-state index contributed by atoms with van der Waals surface area (Å²) in [6.07, 6.45) is 17.2. The van der Waals surface area contributed by atoms with E-state index in [9.17, 15) is 4.79 Å². The van der Waals surface area contributed by atoms with Crippen LogP contribution in [-0.2, 0) is 4.79 Å². The predicted molar refractivity (Wildman–Crippen MR) is 85.4 cm³/mol. The second-order valence-electron chi connectivity index (χ2n) is 5.92. The van der Waals surface area contributed by atoms with E-state index in [-0.39, 0.29) is 5.91 Å². The molecule has 0 aromatic carbocycles. The number of nitrogens with one attached hydrogen (secondary N) is 2. The highest BCUT2D eigenvalue weighted by molar-refractivity contribution is 5.91. The zero-order valence-electron chi connectivity index (χ0n) is 12.7. The van der Waals surface area contributed by atoms with Crippen LogP contribution in [0, 0.1) is 0 Å². The van der Waals surface area contributed by atoms with Crippen LogP contribution >= 0.6 is 0 Å². The van der Waals surface area contributed by atoms with Crippen LogP contribution in [0.25, 0.3) is 0 Å². The first kappa shape index (κ1) is 14.8. The fourth-order valence-electron chi connectivity index (χ4n) is 2.98. The number of nitrogens with zero attached hydrogens (tertiary/aromatic N) is 3. The van der Waals surface area contributed by atoms with Crippen LogP contribution in [0.2, 0.25) is 0 Å².